The topological polar surface area (TPSA) is 34.9 Å². The van der Waals surface area contributed by atoms with Crippen LogP contribution in [0.3, 0.4) is 0 Å². The molecule has 0 spiro atoms. The molecule has 4 heteroatoms. The molecule has 0 aliphatic carbocycles. The molecule has 0 unspecified atom stereocenters. The Bertz CT molecular complexity index is 1090. The predicted molar refractivity (Wildman–Crippen MR) is 92.7 cm³/mol. The average molecular weight is 316 g/mol. The molecule has 0 amide bonds. The smallest absolute Gasteiger partial charge is 0.266 e. The number of fused-ring (bicyclic) bond motifs is 1. The van der Waals surface area contributed by atoms with Gasteiger partial charge in [0.2, 0.25) is 0 Å². The number of aromatic nitrogens is 2. The third kappa shape index (κ3) is 2.29. The summed E-state index contributed by atoms with van der Waals surface area (Å²) in [5, 5.41) is 0.459. The number of hydrogen-bond donors (Lipinski definition) is 0. The van der Waals surface area contributed by atoms with Crippen LogP contribution in [0.4, 0.5) is 4.39 Å². The van der Waals surface area contributed by atoms with E-state index in [1.807, 2.05) is 36.4 Å². The zero-order valence-electron chi connectivity index (χ0n) is 12.7. The number of rotatable bonds is 2. The highest BCUT2D eigenvalue weighted by Crippen LogP contribution is 2.23. The van der Waals surface area contributed by atoms with Crippen molar-refractivity contribution in [2.75, 3.05) is 0 Å². The van der Waals surface area contributed by atoms with Gasteiger partial charge in [0.25, 0.3) is 5.56 Å². The Balaban J connectivity index is 2.16. The van der Waals surface area contributed by atoms with Crippen LogP contribution in [0.5, 0.6) is 0 Å². The minimum absolute atomic E-state index is 0.194. The molecule has 3 nitrogen and oxygen atoms in total. The van der Waals surface area contributed by atoms with E-state index < -0.39 is 5.82 Å². The lowest BCUT2D eigenvalue weighted by atomic mass is 10.1. The molecule has 0 saturated heterocycles. The van der Waals surface area contributed by atoms with Gasteiger partial charge in [-0.25, -0.2) is 9.37 Å². The molecule has 24 heavy (non-hydrogen) atoms. The van der Waals surface area contributed by atoms with Crippen LogP contribution in [-0.4, -0.2) is 9.55 Å². The summed E-state index contributed by atoms with van der Waals surface area (Å²) in [6, 6.07) is 22.6. The lowest BCUT2D eigenvalue weighted by Gasteiger charge is -2.14. The van der Waals surface area contributed by atoms with Crippen molar-refractivity contribution in [1.82, 2.24) is 9.55 Å². The summed E-state index contributed by atoms with van der Waals surface area (Å²) in [7, 11) is 0. The van der Waals surface area contributed by atoms with E-state index in [2.05, 4.69) is 4.98 Å². The molecule has 4 rings (SSSR count). The van der Waals surface area contributed by atoms with Crippen molar-refractivity contribution < 1.29 is 4.39 Å². The fraction of sp³-hybridized carbons (Fsp3) is 0. The van der Waals surface area contributed by atoms with Gasteiger partial charge in [-0.15, -0.1) is 0 Å². The second-order valence-corrected chi connectivity index (χ2v) is 5.41. The number of para-hydroxylation sites is 2. The lowest BCUT2D eigenvalue weighted by molar-refractivity contribution is 0.616. The maximum atomic E-state index is 14.4. The molecule has 0 atom stereocenters. The Labute approximate surface area is 137 Å². The van der Waals surface area contributed by atoms with Gasteiger partial charge in [-0.1, -0.05) is 54.6 Å². The van der Waals surface area contributed by atoms with Crippen molar-refractivity contribution in [3.63, 3.8) is 0 Å². The van der Waals surface area contributed by atoms with E-state index in [-0.39, 0.29) is 11.2 Å². The third-order valence-electron chi connectivity index (χ3n) is 3.90. The highest BCUT2D eigenvalue weighted by atomic mass is 19.1. The van der Waals surface area contributed by atoms with Gasteiger partial charge in [0.05, 0.1) is 16.6 Å². The first-order valence-corrected chi connectivity index (χ1v) is 7.58. The number of halogens is 1. The largest absolute Gasteiger partial charge is 0.268 e. The van der Waals surface area contributed by atoms with Gasteiger partial charge in [-0.2, -0.15) is 0 Å². The van der Waals surface area contributed by atoms with Crippen LogP contribution < -0.4 is 5.56 Å². The fourth-order valence-electron chi connectivity index (χ4n) is 2.77. The standard InChI is InChI=1S/C20H13FN2O/c21-16-11-5-7-13-18(16)23-19(14-8-2-1-3-9-14)22-17-12-6-4-10-15(17)20(23)24/h1-13H. The van der Waals surface area contributed by atoms with Crippen LogP contribution in [0.15, 0.2) is 83.7 Å². The predicted octanol–water partition coefficient (Wildman–Crippen LogP) is 4.19. The Hall–Kier alpha value is -3.27. The maximum Gasteiger partial charge on any atom is 0.266 e. The molecule has 0 radical (unpaired) electrons. The fourth-order valence-corrected chi connectivity index (χ4v) is 2.77. The molecular formula is C20H13FN2O. The van der Waals surface area contributed by atoms with Crippen LogP contribution in [0.1, 0.15) is 0 Å². The number of nitrogens with zero attached hydrogens (tertiary/aromatic N) is 2. The van der Waals surface area contributed by atoms with E-state index in [0.29, 0.717) is 16.7 Å². The molecule has 0 aliphatic heterocycles. The van der Waals surface area contributed by atoms with Gasteiger partial charge < -0.3 is 0 Å². The molecule has 116 valence electrons. The first-order chi connectivity index (χ1) is 11.8. The monoisotopic (exact) mass is 316 g/mol. The van der Waals surface area contributed by atoms with Crippen molar-refractivity contribution in [3.8, 4) is 17.1 Å². The summed E-state index contributed by atoms with van der Waals surface area (Å²) in [6.07, 6.45) is 0. The zero-order valence-corrected chi connectivity index (χ0v) is 12.7. The summed E-state index contributed by atoms with van der Waals surface area (Å²) in [5.41, 5.74) is 1.25. The Morgan fingerprint density at radius 3 is 2.25 bits per heavy atom. The molecule has 1 aromatic heterocycles. The minimum atomic E-state index is -0.464. The lowest BCUT2D eigenvalue weighted by Crippen LogP contribution is -2.22. The second kappa shape index (κ2) is 5.74. The third-order valence-corrected chi connectivity index (χ3v) is 3.90. The normalized spacial score (nSPS) is 10.9. The van der Waals surface area contributed by atoms with Gasteiger partial charge in [-0.3, -0.25) is 9.36 Å². The molecular weight excluding hydrogens is 303 g/mol. The Kier molecular flexibility index (Phi) is 3.43. The van der Waals surface area contributed by atoms with Gasteiger partial charge in [0.1, 0.15) is 11.6 Å². The molecule has 0 bridgehead atoms. The van der Waals surface area contributed by atoms with Crippen LogP contribution in [-0.2, 0) is 0 Å². The number of benzene rings is 3. The van der Waals surface area contributed by atoms with Gasteiger partial charge >= 0.3 is 0 Å². The van der Waals surface area contributed by atoms with Crippen molar-refractivity contribution in [1.29, 1.82) is 0 Å². The van der Waals surface area contributed by atoms with Gasteiger partial charge in [0, 0.05) is 5.56 Å². The summed E-state index contributed by atoms with van der Waals surface area (Å²) in [5.74, 6) is -0.0433. The van der Waals surface area contributed by atoms with E-state index in [9.17, 15) is 9.18 Å². The van der Waals surface area contributed by atoms with E-state index in [0.717, 1.165) is 5.56 Å². The molecule has 1 heterocycles. The molecule has 0 saturated carbocycles. The van der Waals surface area contributed by atoms with Gasteiger partial charge in [0.15, 0.2) is 0 Å². The van der Waals surface area contributed by atoms with E-state index >= 15 is 0 Å². The van der Waals surface area contributed by atoms with Crippen LogP contribution >= 0.6 is 0 Å². The van der Waals surface area contributed by atoms with Crippen LogP contribution in [0.2, 0.25) is 0 Å². The molecule has 0 fully saturated rings. The highest BCUT2D eigenvalue weighted by Gasteiger charge is 2.16. The second-order valence-electron chi connectivity index (χ2n) is 5.41. The van der Waals surface area contributed by atoms with E-state index in [4.69, 9.17) is 0 Å². The average Bonchev–Trinajstić information content (AvgIpc) is 2.63. The van der Waals surface area contributed by atoms with E-state index in [1.165, 1.54) is 10.6 Å². The molecule has 4 aromatic rings. The van der Waals surface area contributed by atoms with Gasteiger partial charge in [-0.05, 0) is 24.3 Å². The summed E-state index contributed by atoms with van der Waals surface area (Å²) in [6.45, 7) is 0. The molecule has 0 N–H and O–H groups in total. The van der Waals surface area contributed by atoms with E-state index in [1.54, 1.807) is 36.4 Å². The van der Waals surface area contributed by atoms with Crippen LogP contribution in [0, 0.1) is 5.82 Å². The highest BCUT2D eigenvalue weighted by molar-refractivity contribution is 5.80. The molecule has 3 aromatic carbocycles. The number of hydrogen-bond acceptors (Lipinski definition) is 2. The first kappa shape index (κ1) is 14.3. The molecule has 0 aliphatic rings. The first-order valence-electron chi connectivity index (χ1n) is 7.58. The van der Waals surface area contributed by atoms with Crippen molar-refractivity contribution in [3.05, 3.63) is 95.0 Å². The minimum Gasteiger partial charge on any atom is -0.268 e. The summed E-state index contributed by atoms with van der Waals surface area (Å²) >= 11 is 0. The Morgan fingerprint density at radius 2 is 1.46 bits per heavy atom. The van der Waals surface area contributed by atoms with Crippen molar-refractivity contribution in [2.24, 2.45) is 0 Å². The quantitative estimate of drug-likeness (QED) is 0.556. The van der Waals surface area contributed by atoms with Crippen LogP contribution in [0.25, 0.3) is 28.0 Å². The maximum absolute atomic E-state index is 14.4. The summed E-state index contributed by atoms with van der Waals surface area (Å²) < 4.78 is 15.7. The van der Waals surface area contributed by atoms with Crippen molar-refractivity contribution in [2.45, 2.75) is 0 Å². The van der Waals surface area contributed by atoms with Crippen molar-refractivity contribution >= 4 is 10.9 Å². The Morgan fingerprint density at radius 1 is 0.792 bits per heavy atom. The SMILES string of the molecule is O=c1c2ccccc2nc(-c2ccccc2)n1-c1ccccc1F. The zero-order chi connectivity index (χ0) is 16.5. The summed E-state index contributed by atoms with van der Waals surface area (Å²) in [4.78, 5) is 17.7.